The molecule has 3 nitrogen and oxygen atoms in total. The number of benzene rings is 2. The zero-order valence-corrected chi connectivity index (χ0v) is 15.8. The van der Waals surface area contributed by atoms with Crippen molar-refractivity contribution in [3.63, 3.8) is 0 Å². The van der Waals surface area contributed by atoms with Gasteiger partial charge < -0.3 is 14.6 Å². The maximum Gasteiger partial charge on any atom is 0.451 e. The van der Waals surface area contributed by atoms with Crippen molar-refractivity contribution in [1.29, 1.82) is 0 Å². The minimum absolute atomic E-state index is 0.476. The molecular formula is C22H30BNO2. The van der Waals surface area contributed by atoms with Gasteiger partial charge in [-0.25, -0.2) is 0 Å². The van der Waals surface area contributed by atoms with Gasteiger partial charge in [0.05, 0.1) is 0 Å². The second-order valence-corrected chi connectivity index (χ2v) is 7.31. The van der Waals surface area contributed by atoms with Crippen LogP contribution in [0, 0.1) is 0 Å². The van der Waals surface area contributed by atoms with Gasteiger partial charge in [0.1, 0.15) is 0 Å². The molecule has 2 N–H and O–H groups in total. The molecule has 2 aromatic carbocycles. The van der Waals surface area contributed by atoms with Gasteiger partial charge in [0.2, 0.25) is 0 Å². The summed E-state index contributed by atoms with van der Waals surface area (Å²) in [6.45, 7) is 3.33. The van der Waals surface area contributed by atoms with Crippen molar-refractivity contribution in [3.05, 3.63) is 48.0 Å². The van der Waals surface area contributed by atoms with Gasteiger partial charge in [-0.1, -0.05) is 56.9 Å². The summed E-state index contributed by atoms with van der Waals surface area (Å²) in [5.74, 6) is 0. The van der Waals surface area contributed by atoms with E-state index in [-0.39, 0.29) is 0 Å². The van der Waals surface area contributed by atoms with Crippen molar-refractivity contribution in [2.75, 3.05) is 0 Å². The Labute approximate surface area is 156 Å². The third-order valence-electron chi connectivity index (χ3n) is 5.25. The van der Waals surface area contributed by atoms with E-state index < -0.39 is 7.12 Å². The predicted octanol–water partition coefficient (Wildman–Crippen LogP) is 5.17. The summed E-state index contributed by atoms with van der Waals surface area (Å²) in [6, 6.07) is 15.6. The number of aromatic nitrogens is 1. The lowest BCUT2D eigenvalue weighted by molar-refractivity contribution is 0.401. The molecule has 0 saturated heterocycles. The average Bonchev–Trinajstić information content (AvgIpc) is 2.95. The Hall–Kier alpha value is -1.78. The third kappa shape index (κ3) is 4.49. The highest BCUT2D eigenvalue weighted by atomic mass is 16.4. The number of unbranched alkanes of at least 4 members (excludes halogenated alkanes) is 4. The minimum Gasteiger partial charge on any atom is -0.427 e. The van der Waals surface area contributed by atoms with E-state index in [0.717, 1.165) is 32.2 Å². The van der Waals surface area contributed by atoms with Gasteiger partial charge in [-0.15, -0.1) is 0 Å². The van der Waals surface area contributed by atoms with Crippen LogP contribution < -0.4 is 0 Å². The van der Waals surface area contributed by atoms with Gasteiger partial charge >= 0.3 is 7.12 Å². The molecule has 0 fully saturated rings. The molecule has 0 unspecified atom stereocenters. The number of rotatable bonds is 10. The normalized spacial score (nSPS) is 11.5. The van der Waals surface area contributed by atoms with Crippen molar-refractivity contribution in [3.8, 4) is 0 Å². The fourth-order valence-corrected chi connectivity index (χ4v) is 3.85. The predicted molar refractivity (Wildman–Crippen MR) is 112 cm³/mol. The van der Waals surface area contributed by atoms with Crippen molar-refractivity contribution in [2.24, 2.45) is 0 Å². The van der Waals surface area contributed by atoms with Crippen molar-refractivity contribution < 1.29 is 10.0 Å². The monoisotopic (exact) mass is 351 g/mol. The minimum atomic E-state index is -1.16. The summed E-state index contributed by atoms with van der Waals surface area (Å²) in [4.78, 5) is 0. The van der Waals surface area contributed by atoms with Crippen LogP contribution in [0.4, 0.5) is 0 Å². The Morgan fingerprint density at radius 1 is 0.846 bits per heavy atom. The Balaban J connectivity index is 1.79. The highest BCUT2D eigenvalue weighted by Gasteiger charge is 2.11. The lowest BCUT2D eigenvalue weighted by atomic mass is 9.83. The summed E-state index contributed by atoms with van der Waals surface area (Å²) in [6.07, 6.45) is 8.27. The second kappa shape index (κ2) is 9.25. The quantitative estimate of drug-likeness (QED) is 0.391. The van der Waals surface area contributed by atoms with Crippen molar-refractivity contribution >= 4 is 28.9 Å². The maximum atomic E-state index is 8.92. The summed E-state index contributed by atoms with van der Waals surface area (Å²) in [5.41, 5.74) is 4.06. The van der Waals surface area contributed by atoms with Crippen LogP contribution in [-0.2, 0) is 13.0 Å². The molecule has 0 bridgehead atoms. The molecule has 0 spiro atoms. The molecule has 0 aliphatic carbocycles. The van der Waals surface area contributed by atoms with E-state index >= 15 is 0 Å². The van der Waals surface area contributed by atoms with Crippen LogP contribution in [0.25, 0.3) is 21.8 Å². The van der Waals surface area contributed by atoms with E-state index in [1.54, 1.807) is 0 Å². The molecule has 0 radical (unpaired) electrons. The first-order valence-electron chi connectivity index (χ1n) is 10.1. The van der Waals surface area contributed by atoms with Gasteiger partial charge in [0, 0.05) is 28.4 Å². The first-order valence-corrected chi connectivity index (χ1v) is 10.1. The number of hydrogen-bond donors (Lipinski definition) is 2. The van der Waals surface area contributed by atoms with E-state index in [4.69, 9.17) is 10.0 Å². The molecule has 0 aliphatic heterocycles. The van der Waals surface area contributed by atoms with Crippen molar-refractivity contribution in [2.45, 2.75) is 64.7 Å². The van der Waals surface area contributed by atoms with Gasteiger partial charge in [0.25, 0.3) is 0 Å². The van der Waals surface area contributed by atoms with Crippen LogP contribution >= 0.6 is 0 Å². The van der Waals surface area contributed by atoms with Crippen LogP contribution in [-0.4, -0.2) is 21.7 Å². The van der Waals surface area contributed by atoms with Crippen molar-refractivity contribution in [1.82, 2.24) is 4.57 Å². The summed E-state index contributed by atoms with van der Waals surface area (Å²) >= 11 is 0. The molecule has 4 heteroatoms. The smallest absolute Gasteiger partial charge is 0.427 e. The van der Waals surface area contributed by atoms with E-state index in [1.807, 2.05) is 0 Å². The van der Waals surface area contributed by atoms with Crippen LogP contribution in [0.3, 0.4) is 0 Å². The van der Waals surface area contributed by atoms with Crippen LogP contribution in [0.5, 0.6) is 0 Å². The Morgan fingerprint density at radius 2 is 1.65 bits per heavy atom. The number of fused-ring (bicyclic) bond motifs is 3. The first kappa shape index (κ1) is 19.0. The molecule has 0 aliphatic rings. The summed E-state index contributed by atoms with van der Waals surface area (Å²) in [5, 5.41) is 20.6. The number of nitrogens with zero attached hydrogens (tertiary/aromatic N) is 1. The Bertz CT molecular complexity index is 841. The SMILES string of the molecule is CCCCCn1c2ccccc2c2cc(CCCCCB(O)O)ccc21. The Morgan fingerprint density at radius 3 is 2.46 bits per heavy atom. The molecule has 0 saturated carbocycles. The van der Waals surface area contributed by atoms with Gasteiger partial charge in [0.15, 0.2) is 0 Å². The fraction of sp³-hybridized carbons (Fsp3) is 0.455. The molecule has 3 aromatic rings. The first-order chi connectivity index (χ1) is 12.7. The van der Waals surface area contributed by atoms with Crippen LogP contribution in [0.15, 0.2) is 42.5 Å². The molecule has 3 rings (SSSR count). The lowest BCUT2D eigenvalue weighted by Gasteiger charge is -2.07. The third-order valence-corrected chi connectivity index (χ3v) is 5.25. The van der Waals surface area contributed by atoms with E-state index in [0.29, 0.717) is 6.32 Å². The summed E-state index contributed by atoms with van der Waals surface area (Å²) < 4.78 is 2.48. The van der Waals surface area contributed by atoms with Gasteiger partial charge in [-0.05, 0) is 49.3 Å². The second-order valence-electron chi connectivity index (χ2n) is 7.31. The molecule has 26 heavy (non-hydrogen) atoms. The summed E-state index contributed by atoms with van der Waals surface area (Å²) in [7, 11) is -1.16. The Kier molecular flexibility index (Phi) is 6.76. The topological polar surface area (TPSA) is 45.4 Å². The van der Waals surface area contributed by atoms with Crippen LogP contribution in [0.1, 0.15) is 51.0 Å². The highest BCUT2D eigenvalue weighted by Crippen LogP contribution is 2.30. The largest absolute Gasteiger partial charge is 0.451 e. The number of aryl methyl sites for hydroxylation is 2. The highest BCUT2D eigenvalue weighted by molar-refractivity contribution is 6.40. The molecular weight excluding hydrogens is 321 g/mol. The molecule has 0 atom stereocenters. The zero-order chi connectivity index (χ0) is 18.4. The molecule has 0 amide bonds. The molecule has 1 aromatic heterocycles. The average molecular weight is 351 g/mol. The van der Waals surface area contributed by atoms with E-state index in [1.165, 1.54) is 46.6 Å². The van der Waals surface area contributed by atoms with E-state index in [2.05, 4.69) is 54.0 Å². The van der Waals surface area contributed by atoms with Gasteiger partial charge in [-0.2, -0.15) is 0 Å². The zero-order valence-electron chi connectivity index (χ0n) is 15.8. The van der Waals surface area contributed by atoms with Crippen LogP contribution in [0.2, 0.25) is 6.32 Å². The number of para-hydroxylation sites is 1. The lowest BCUT2D eigenvalue weighted by Crippen LogP contribution is -2.09. The standard InChI is InChI=1S/C22H30BNO2/c1-2-3-9-16-24-21-12-7-6-11-19(21)20-17-18(13-14-22(20)24)10-5-4-8-15-23(25)26/h6-7,11-14,17,25-26H,2-5,8-10,15-16H2,1H3. The fourth-order valence-electron chi connectivity index (χ4n) is 3.85. The van der Waals surface area contributed by atoms with E-state index in [9.17, 15) is 0 Å². The maximum absolute atomic E-state index is 8.92. The molecule has 138 valence electrons. The number of hydrogen-bond acceptors (Lipinski definition) is 2. The van der Waals surface area contributed by atoms with Gasteiger partial charge in [-0.3, -0.25) is 0 Å². The molecule has 1 heterocycles.